The third-order valence-corrected chi connectivity index (χ3v) is 5.15. The molecule has 0 saturated carbocycles. The number of fused-ring (bicyclic) bond motifs is 1. The highest BCUT2D eigenvalue weighted by Gasteiger charge is 2.12. The van der Waals surface area contributed by atoms with Crippen LogP contribution in [-0.4, -0.2) is 20.0 Å². The molecular formula is C22H19ClN4O2. The van der Waals surface area contributed by atoms with Gasteiger partial charge < -0.3 is 14.5 Å². The third-order valence-electron chi connectivity index (χ3n) is 4.83. The summed E-state index contributed by atoms with van der Waals surface area (Å²) in [7, 11) is 1.94. The molecule has 2 heterocycles. The van der Waals surface area contributed by atoms with Crippen LogP contribution >= 0.6 is 11.6 Å². The molecule has 146 valence electrons. The van der Waals surface area contributed by atoms with Gasteiger partial charge in [0.05, 0.1) is 21.6 Å². The maximum absolute atomic E-state index is 12.5. The fourth-order valence-electron chi connectivity index (χ4n) is 3.26. The lowest BCUT2D eigenvalue weighted by Crippen LogP contribution is -2.19. The first kappa shape index (κ1) is 19.0. The molecule has 7 heteroatoms. The van der Waals surface area contributed by atoms with E-state index >= 15 is 0 Å². The van der Waals surface area contributed by atoms with E-state index in [0.717, 1.165) is 16.9 Å². The quantitative estimate of drug-likeness (QED) is 0.546. The number of imidazole rings is 1. The third kappa shape index (κ3) is 3.93. The lowest BCUT2D eigenvalue weighted by atomic mass is 10.2. The van der Waals surface area contributed by atoms with Gasteiger partial charge in [-0.15, -0.1) is 0 Å². The summed E-state index contributed by atoms with van der Waals surface area (Å²) < 4.78 is 3.66. The maximum Gasteiger partial charge on any atom is 0.257 e. The average molecular weight is 407 g/mol. The number of nitrogens with one attached hydrogen (secondary N) is 1. The van der Waals surface area contributed by atoms with Gasteiger partial charge >= 0.3 is 0 Å². The number of hydrogen-bond acceptors (Lipinski definition) is 3. The zero-order valence-electron chi connectivity index (χ0n) is 15.8. The average Bonchev–Trinajstić information content (AvgIpc) is 3.02. The Morgan fingerprint density at radius 3 is 2.69 bits per heavy atom. The Balaban J connectivity index is 1.55. The second kappa shape index (κ2) is 7.93. The number of halogens is 1. The van der Waals surface area contributed by atoms with Gasteiger partial charge in [-0.3, -0.25) is 9.59 Å². The number of rotatable bonds is 5. The van der Waals surface area contributed by atoms with E-state index in [0.29, 0.717) is 29.2 Å². The maximum atomic E-state index is 12.5. The summed E-state index contributed by atoms with van der Waals surface area (Å²) in [6.45, 7) is 0.549. The summed E-state index contributed by atoms with van der Waals surface area (Å²) in [6.07, 6.45) is 2.39. The van der Waals surface area contributed by atoms with Crippen molar-refractivity contribution in [1.29, 1.82) is 0 Å². The number of hydrogen-bond donors (Lipinski definition) is 1. The van der Waals surface area contributed by atoms with E-state index in [4.69, 9.17) is 11.6 Å². The molecule has 2 aromatic heterocycles. The van der Waals surface area contributed by atoms with Crippen LogP contribution in [0, 0.1) is 0 Å². The summed E-state index contributed by atoms with van der Waals surface area (Å²) in [5.41, 5.74) is 2.77. The molecule has 0 unspecified atom stereocenters. The van der Waals surface area contributed by atoms with E-state index in [1.807, 2.05) is 35.9 Å². The van der Waals surface area contributed by atoms with Crippen molar-refractivity contribution in [3.63, 3.8) is 0 Å². The van der Waals surface area contributed by atoms with Crippen molar-refractivity contribution in [2.45, 2.75) is 13.0 Å². The molecule has 4 aromatic rings. The number of carbonyl (C=O) groups excluding carboxylic acids is 1. The zero-order valence-corrected chi connectivity index (χ0v) is 16.6. The summed E-state index contributed by atoms with van der Waals surface area (Å²) >= 11 is 6.10. The number of aryl methyl sites for hydroxylation is 3. The predicted molar refractivity (Wildman–Crippen MR) is 115 cm³/mol. The van der Waals surface area contributed by atoms with Crippen LogP contribution in [0.5, 0.6) is 0 Å². The fraction of sp³-hybridized carbons (Fsp3) is 0.136. The summed E-state index contributed by atoms with van der Waals surface area (Å²) in [6, 6.07) is 17.6. The summed E-state index contributed by atoms with van der Waals surface area (Å²) in [4.78, 5) is 29.0. The minimum absolute atomic E-state index is 0.0316. The minimum atomic E-state index is -0.269. The summed E-state index contributed by atoms with van der Waals surface area (Å²) in [5.74, 6) is 0.597. The molecule has 29 heavy (non-hydrogen) atoms. The first-order chi connectivity index (χ1) is 14.0. The molecule has 0 aliphatic carbocycles. The van der Waals surface area contributed by atoms with Crippen LogP contribution in [0.2, 0.25) is 5.02 Å². The van der Waals surface area contributed by atoms with Crippen molar-refractivity contribution in [2.75, 3.05) is 5.32 Å². The van der Waals surface area contributed by atoms with Gasteiger partial charge in [0.25, 0.3) is 11.5 Å². The zero-order chi connectivity index (χ0) is 20.4. The Morgan fingerprint density at radius 2 is 1.90 bits per heavy atom. The molecule has 0 fully saturated rings. The second-order valence-corrected chi connectivity index (χ2v) is 7.11. The summed E-state index contributed by atoms with van der Waals surface area (Å²) in [5, 5.41) is 3.27. The number of amides is 1. The van der Waals surface area contributed by atoms with Crippen molar-refractivity contribution >= 4 is 34.2 Å². The van der Waals surface area contributed by atoms with Gasteiger partial charge in [0.15, 0.2) is 0 Å². The molecule has 4 rings (SSSR count). The van der Waals surface area contributed by atoms with E-state index in [1.54, 1.807) is 47.2 Å². The first-order valence-electron chi connectivity index (χ1n) is 9.19. The van der Waals surface area contributed by atoms with Crippen LogP contribution in [0.4, 0.5) is 5.69 Å². The molecule has 0 spiro atoms. The highest BCUT2D eigenvalue weighted by Crippen LogP contribution is 2.22. The largest absolute Gasteiger partial charge is 0.331 e. The SMILES string of the molecule is Cn1c(CCn2ccccc2=O)nc2cc(NC(=O)c3ccccc3Cl)ccc21. The van der Waals surface area contributed by atoms with Crippen LogP contribution in [0.25, 0.3) is 11.0 Å². The Bertz CT molecular complexity index is 1260. The van der Waals surface area contributed by atoms with Gasteiger partial charge in [-0.25, -0.2) is 4.98 Å². The molecule has 0 atom stereocenters. The van der Waals surface area contributed by atoms with Crippen LogP contribution in [-0.2, 0) is 20.0 Å². The van der Waals surface area contributed by atoms with E-state index in [2.05, 4.69) is 10.3 Å². The van der Waals surface area contributed by atoms with Crippen molar-refractivity contribution in [1.82, 2.24) is 14.1 Å². The van der Waals surface area contributed by atoms with Crippen LogP contribution in [0.1, 0.15) is 16.2 Å². The molecule has 0 radical (unpaired) electrons. The Labute approximate surface area is 172 Å². The topological polar surface area (TPSA) is 68.9 Å². The number of aromatic nitrogens is 3. The highest BCUT2D eigenvalue weighted by molar-refractivity contribution is 6.34. The fourth-order valence-corrected chi connectivity index (χ4v) is 3.48. The molecule has 6 nitrogen and oxygen atoms in total. The first-order valence-corrected chi connectivity index (χ1v) is 9.57. The predicted octanol–water partition coefficient (Wildman–Crippen LogP) is 3.88. The molecule has 1 amide bonds. The minimum Gasteiger partial charge on any atom is -0.331 e. The van der Waals surface area contributed by atoms with Crippen LogP contribution in [0.3, 0.4) is 0 Å². The number of carbonyl (C=O) groups is 1. The van der Waals surface area contributed by atoms with Crippen LogP contribution < -0.4 is 10.9 Å². The van der Waals surface area contributed by atoms with Gasteiger partial charge in [0, 0.05) is 38.0 Å². The number of benzene rings is 2. The van der Waals surface area contributed by atoms with E-state index < -0.39 is 0 Å². The molecule has 0 aliphatic heterocycles. The lowest BCUT2D eigenvalue weighted by Gasteiger charge is -2.07. The number of anilines is 1. The van der Waals surface area contributed by atoms with Crippen molar-refractivity contribution in [2.24, 2.45) is 7.05 Å². The van der Waals surface area contributed by atoms with Gasteiger partial charge in [0.1, 0.15) is 5.82 Å². The smallest absolute Gasteiger partial charge is 0.257 e. The number of nitrogens with zero attached hydrogens (tertiary/aromatic N) is 3. The van der Waals surface area contributed by atoms with E-state index in [-0.39, 0.29) is 11.5 Å². The normalized spacial score (nSPS) is 11.0. The second-order valence-electron chi connectivity index (χ2n) is 6.71. The van der Waals surface area contributed by atoms with Crippen molar-refractivity contribution < 1.29 is 4.79 Å². The van der Waals surface area contributed by atoms with E-state index in [1.165, 1.54) is 0 Å². The Hall–Kier alpha value is -3.38. The molecular weight excluding hydrogens is 388 g/mol. The monoisotopic (exact) mass is 406 g/mol. The molecule has 0 aliphatic rings. The van der Waals surface area contributed by atoms with Gasteiger partial charge in [-0.05, 0) is 36.4 Å². The van der Waals surface area contributed by atoms with Gasteiger partial charge in [-0.2, -0.15) is 0 Å². The highest BCUT2D eigenvalue weighted by atomic mass is 35.5. The molecule has 0 bridgehead atoms. The van der Waals surface area contributed by atoms with Crippen molar-refractivity contribution in [3.05, 3.63) is 93.6 Å². The Kier molecular flexibility index (Phi) is 5.18. The van der Waals surface area contributed by atoms with E-state index in [9.17, 15) is 9.59 Å². The molecule has 2 aromatic carbocycles. The Morgan fingerprint density at radius 1 is 1.10 bits per heavy atom. The standard InChI is InChI=1S/C22H19ClN4O2/c1-26-19-10-9-15(24-22(29)16-6-2-3-7-17(16)23)14-18(19)25-20(26)11-13-27-12-5-4-8-21(27)28/h2-10,12,14H,11,13H2,1H3,(H,24,29). The van der Waals surface area contributed by atoms with Crippen LogP contribution in [0.15, 0.2) is 71.7 Å². The van der Waals surface area contributed by atoms with Gasteiger partial charge in [0.2, 0.25) is 0 Å². The lowest BCUT2D eigenvalue weighted by molar-refractivity contribution is 0.102. The van der Waals surface area contributed by atoms with Crippen molar-refractivity contribution in [3.8, 4) is 0 Å². The van der Waals surface area contributed by atoms with Gasteiger partial charge in [-0.1, -0.05) is 29.8 Å². The molecule has 1 N–H and O–H groups in total. The number of pyridine rings is 1. The molecule has 0 saturated heterocycles.